The van der Waals surface area contributed by atoms with E-state index in [1.807, 2.05) is 6.07 Å². The Balaban J connectivity index is 1.82. The highest BCUT2D eigenvalue weighted by atomic mass is 19.4. The number of hydrogen-bond acceptors (Lipinski definition) is 2. The van der Waals surface area contributed by atoms with Gasteiger partial charge in [-0.25, -0.2) is 4.39 Å². The highest BCUT2D eigenvalue weighted by Gasteiger charge is 2.41. The number of anilines is 1. The lowest BCUT2D eigenvalue weighted by Gasteiger charge is -2.33. The second-order valence-corrected chi connectivity index (χ2v) is 7.56. The summed E-state index contributed by atoms with van der Waals surface area (Å²) in [5, 5.41) is 0. The summed E-state index contributed by atoms with van der Waals surface area (Å²) in [6.45, 7) is 0.141. The van der Waals surface area contributed by atoms with Crippen molar-refractivity contribution in [1.29, 1.82) is 0 Å². The van der Waals surface area contributed by atoms with E-state index >= 15 is 0 Å². The first-order valence-electron chi connectivity index (χ1n) is 9.73. The summed E-state index contributed by atoms with van der Waals surface area (Å²) in [6, 6.07) is 18.3. The molecule has 0 atom stereocenters. The van der Waals surface area contributed by atoms with Crippen molar-refractivity contribution >= 4 is 17.0 Å². The van der Waals surface area contributed by atoms with Gasteiger partial charge in [0.2, 0.25) is 0 Å². The van der Waals surface area contributed by atoms with Gasteiger partial charge in [0.1, 0.15) is 5.82 Å². The maximum Gasteiger partial charge on any atom is 0.417 e. The molecule has 1 aliphatic rings. The Bertz CT molecular complexity index is 1150. The van der Waals surface area contributed by atoms with Gasteiger partial charge in [0.25, 0.3) is 0 Å². The van der Waals surface area contributed by atoms with Gasteiger partial charge >= 0.3 is 6.18 Å². The molecule has 0 aromatic heterocycles. The minimum Gasteiger partial charge on any atom is -0.370 e. The molecule has 0 saturated carbocycles. The monoisotopic (exact) mass is 425 g/mol. The number of nitrogens with zero attached hydrogens (tertiary/aromatic N) is 1. The van der Waals surface area contributed by atoms with Crippen molar-refractivity contribution in [3.8, 4) is 0 Å². The number of alkyl halides is 3. The van der Waals surface area contributed by atoms with Crippen LogP contribution < -0.4 is 4.90 Å². The lowest BCUT2D eigenvalue weighted by Crippen LogP contribution is -2.31. The SMILES string of the molecule is CN1CC(Cc2ccccc2)=C(C(F)(F)F)c2cc(C(=O)c3ccc(F)cc3)ccc21. The lowest BCUT2D eigenvalue weighted by atomic mass is 9.87. The molecule has 0 N–H and O–H groups in total. The summed E-state index contributed by atoms with van der Waals surface area (Å²) in [6.07, 6.45) is -4.41. The topological polar surface area (TPSA) is 20.3 Å². The van der Waals surface area contributed by atoms with Crippen molar-refractivity contribution in [2.24, 2.45) is 0 Å². The number of carbonyl (C=O) groups excluding carboxylic acids is 1. The molecule has 0 unspecified atom stereocenters. The van der Waals surface area contributed by atoms with Crippen LogP contribution >= 0.6 is 0 Å². The largest absolute Gasteiger partial charge is 0.417 e. The quantitative estimate of drug-likeness (QED) is 0.374. The van der Waals surface area contributed by atoms with Crippen molar-refractivity contribution in [1.82, 2.24) is 0 Å². The molecule has 2 nitrogen and oxygen atoms in total. The number of carbonyl (C=O) groups is 1. The van der Waals surface area contributed by atoms with Gasteiger partial charge in [-0.1, -0.05) is 30.3 Å². The lowest BCUT2D eigenvalue weighted by molar-refractivity contribution is -0.0696. The van der Waals surface area contributed by atoms with Crippen molar-refractivity contribution < 1.29 is 22.4 Å². The summed E-state index contributed by atoms with van der Waals surface area (Å²) in [5.74, 6) is -0.946. The molecule has 0 fully saturated rings. The van der Waals surface area contributed by atoms with Crippen LogP contribution in [0.4, 0.5) is 23.2 Å². The number of likely N-dealkylation sites (N-methyl/N-ethyl adjacent to an activating group) is 1. The van der Waals surface area contributed by atoms with E-state index in [0.29, 0.717) is 5.69 Å². The summed E-state index contributed by atoms with van der Waals surface area (Å²) in [7, 11) is 1.73. The van der Waals surface area contributed by atoms with E-state index in [-0.39, 0.29) is 35.2 Å². The Morgan fingerprint density at radius 1 is 0.935 bits per heavy atom. The van der Waals surface area contributed by atoms with E-state index < -0.39 is 23.3 Å². The third-order valence-corrected chi connectivity index (χ3v) is 5.37. The van der Waals surface area contributed by atoms with Gasteiger partial charge < -0.3 is 4.90 Å². The number of benzene rings is 3. The van der Waals surface area contributed by atoms with Crippen LogP contribution in [0.1, 0.15) is 27.0 Å². The Hall–Kier alpha value is -3.41. The van der Waals surface area contributed by atoms with Gasteiger partial charge in [0.05, 0.1) is 5.57 Å². The normalized spacial score (nSPS) is 13.9. The number of hydrogen-bond donors (Lipinski definition) is 0. The molecule has 1 heterocycles. The van der Waals surface area contributed by atoms with Crippen molar-refractivity contribution in [2.45, 2.75) is 12.6 Å². The third kappa shape index (κ3) is 4.24. The number of fused-ring (bicyclic) bond motifs is 1. The van der Waals surface area contributed by atoms with Crippen molar-refractivity contribution in [3.05, 3.63) is 106 Å². The summed E-state index contributed by atoms with van der Waals surface area (Å²) >= 11 is 0. The van der Waals surface area contributed by atoms with Crippen LogP contribution in [-0.4, -0.2) is 25.6 Å². The molecule has 6 heteroatoms. The van der Waals surface area contributed by atoms with Crippen LogP contribution in [0.5, 0.6) is 0 Å². The van der Waals surface area contributed by atoms with Crippen LogP contribution in [-0.2, 0) is 6.42 Å². The molecule has 0 amide bonds. The molecule has 3 aromatic carbocycles. The van der Waals surface area contributed by atoms with E-state index in [9.17, 15) is 22.4 Å². The second kappa shape index (κ2) is 8.02. The zero-order chi connectivity index (χ0) is 22.2. The first-order valence-corrected chi connectivity index (χ1v) is 9.73. The molecule has 0 radical (unpaired) electrons. The molecule has 0 bridgehead atoms. The average Bonchev–Trinajstić information content (AvgIpc) is 2.73. The van der Waals surface area contributed by atoms with E-state index in [0.717, 1.165) is 17.7 Å². The summed E-state index contributed by atoms with van der Waals surface area (Å²) < 4.78 is 55.8. The van der Waals surface area contributed by atoms with Gasteiger partial charge in [-0.2, -0.15) is 13.2 Å². The van der Waals surface area contributed by atoms with Gasteiger partial charge in [0, 0.05) is 36.0 Å². The Morgan fingerprint density at radius 3 is 2.23 bits per heavy atom. The molecular weight excluding hydrogens is 406 g/mol. The smallest absolute Gasteiger partial charge is 0.370 e. The Morgan fingerprint density at radius 2 is 1.58 bits per heavy atom. The van der Waals surface area contributed by atoms with Crippen molar-refractivity contribution in [2.75, 3.05) is 18.5 Å². The Labute approximate surface area is 177 Å². The van der Waals surface area contributed by atoms with Crippen LogP contribution in [0, 0.1) is 5.82 Å². The standard InChI is InChI=1S/C25H19F4NO/c1-30-15-19(13-16-5-3-2-4-6-16)23(25(27,28)29)21-14-18(9-12-22(21)30)24(31)17-7-10-20(26)11-8-17/h2-12,14H,13,15H2,1H3. The minimum atomic E-state index is -4.57. The van der Waals surface area contributed by atoms with Gasteiger partial charge in [-0.15, -0.1) is 0 Å². The number of halogens is 4. The average molecular weight is 425 g/mol. The summed E-state index contributed by atoms with van der Waals surface area (Å²) in [5.41, 5.74) is 1.09. The van der Waals surface area contributed by atoms with Gasteiger partial charge in [0.15, 0.2) is 5.78 Å². The van der Waals surface area contributed by atoms with Crippen LogP contribution in [0.25, 0.3) is 5.57 Å². The molecule has 3 aromatic rings. The van der Waals surface area contributed by atoms with Crippen LogP contribution in [0.2, 0.25) is 0 Å². The molecule has 4 rings (SSSR count). The molecular formula is C25H19F4NO. The highest BCUT2D eigenvalue weighted by molar-refractivity contribution is 6.10. The Kier molecular flexibility index (Phi) is 5.39. The minimum absolute atomic E-state index is 0.0138. The first-order chi connectivity index (χ1) is 14.7. The zero-order valence-corrected chi connectivity index (χ0v) is 16.7. The van der Waals surface area contributed by atoms with E-state index in [4.69, 9.17) is 0 Å². The molecule has 0 saturated heterocycles. The highest BCUT2D eigenvalue weighted by Crippen LogP contribution is 2.44. The first kappa shape index (κ1) is 20.8. The molecule has 0 aliphatic carbocycles. The molecule has 158 valence electrons. The van der Waals surface area contributed by atoms with E-state index in [1.54, 1.807) is 36.2 Å². The van der Waals surface area contributed by atoms with Crippen LogP contribution in [0.15, 0.2) is 78.4 Å². The number of ketones is 1. The molecule has 1 aliphatic heterocycles. The molecule has 0 spiro atoms. The fraction of sp³-hybridized carbons (Fsp3) is 0.160. The van der Waals surface area contributed by atoms with Crippen molar-refractivity contribution in [3.63, 3.8) is 0 Å². The zero-order valence-electron chi connectivity index (χ0n) is 16.7. The third-order valence-electron chi connectivity index (χ3n) is 5.37. The maximum absolute atomic E-state index is 14.2. The van der Waals surface area contributed by atoms with Gasteiger partial charge in [-0.05, 0) is 60.0 Å². The maximum atomic E-state index is 14.2. The number of allylic oxidation sites excluding steroid dienone is 1. The predicted molar refractivity (Wildman–Crippen MR) is 113 cm³/mol. The van der Waals surface area contributed by atoms with E-state index in [2.05, 4.69) is 0 Å². The van der Waals surface area contributed by atoms with Gasteiger partial charge in [-0.3, -0.25) is 4.79 Å². The fourth-order valence-corrected chi connectivity index (χ4v) is 3.96. The van der Waals surface area contributed by atoms with E-state index in [1.165, 1.54) is 30.3 Å². The predicted octanol–water partition coefficient (Wildman–Crippen LogP) is 6.07. The molecule has 31 heavy (non-hydrogen) atoms. The van der Waals surface area contributed by atoms with Crippen LogP contribution in [0.3, 0.4) is 0 Å². The second-order valence-electron chi connectivity index (χ2n) is 7.56. The fourth-order valence-electron chi connectivity index (χ4n) is 3.96. The number of rotatable bonds is 4. The summed E-state index contributed by atoms with van der Waals surface area (Å²) in [4.78, 5) is 14.6.